The van der Waals surface area contributed by atoms with Crippen LogP contribution in [-0.2, 0) is 6.54 Å². The van der Waals surface area contributed by atoms with Crippen molar-refractivity contribution in [2.24, 2.45) is 5.41 Å². The Morgan fingerprint density at radius 2 is 2.40 bits per heavy atom. The third kappa shape index (κ3) is 4.28. The highest BCUT2D eigenvalue weighted by molar-refractivity contribution is 7.07. The van der Waals surface area contributed by atoms with Gasteiger partial charge in [-0.25, -0.2) is 0 Å². The van der Waals surface area contributed by atoms with Crippen LogP contribution in [0.1, 0.15) is 26.0 Å². The predicted octanol–water partition coefficient (Wildman–Crippen LogP) is 1.47. The third-order valence-corrected chi connectivity index (χ3v) is 2.83. The third-order valence-electron chi connectivity index (χ3n) is 2.12. The van der Waals surface area contributed by atoms with Crippen molar-refractivity contribution in [1.29, 1.82) is 5.26 Å². The summed E-state index contributed by atoms with van der Waals surface area (Å²) in [6, 6.07) is 2.25. The molecule has 0 radical (unpaired) electrons. The number of hydrogen-bond donors (Lipinski definition) is 2. The van der Waals surface area contributed by atoms with Crippen molar-refractivity contribution in [2.45, 2.75) is 26.8 Å². The first kappa shape index (κ1) is 12.0. The van der Waals surface area contributed by atoms with Crippen molar-refractivity contribution in [1.82, 2.24) is 10.3 Å². The average molecular weight is 225 g/mol. The van der Waals surface area contributed by atoms with Gasteiger partial charge in [-0.3, -0.25) is 4.79 Å². The van der Waals surface area contributed by atoms with Gasteiger partial charge < -0.3 is 10.3 Å². The molecule has 0 saturated heterocycles. The smallest absolute Gasteiger partial charge is 0.304 e. The van der Waals surface area contributed by atoms with Gasteiger partial charge in [0, 0.05) is 17.6 Å². The molecule has 0 atom stereocenters. The summed E-state index contributed by atoms with van der Waals surface area (Å²) >= 11 is 1.17. The van der Waals surface area contributed by atoms with E-state index in [-0.39, 0.29) is 10.3 Å². The maximum absolute atomic E-state index is 10.8. The summed E-state index contributed by atoms with van der Waals surface area (Å²) in [4.78, 5) is 13.5. The van der Waals surface area contributed by atoms with Gasteiger partial charge in [-0.1, -0.05) is 11.3 Å². The Morgan fingerprint density at radius 1 is 1.67 bits per heavy atom. The van der Waals surface area contributed by atoms with Crippen LogP contribution in [0.4, 0.5) is 0 Å². The number of aromatic nitrogens is 1. The first-order valence-corrected chi connectivity index (χ1v) is 5.70. The molecule has 15 heavy (non-hydrogen) atoms. The van der Waals surface area contributed by atoms with E-state index in [0.29, 0.717) is 6.54 Å². The Kier molecular flexibility index (Phi) is 4.06. The Labute approximate surface area is 92.9 Å². The van der Waals surface area contributed by atoms with Crippen LogP contribution in [0.15, 0.2) is 10.2 Å². The number of rotatable bonds is 5. The molecule has 0 saturated carbocycles. The van der Waals surface area contributed by atoms with Gasteiger partial charge in [0.15, 0.2) is 0 Å². The zero-order valence-corrected chi connectivity index (χ0v) is 9.78. The normalized spacial score (nSPS) is 11.3. The van der Waals surface area contributed by atoms with Gasteiger partial charge in [0.1, 0.15) is 0 Å². The second-order valence-electron chi connectivity index (χ2n) is 4.10. The van der Waals surface area contributed by atoms with Crippen LogP contribution in [0.25, 0.3) is 0 Å². The Balaban J connectivity index is 2.24. The number of nitrogens with one attached hydrogen (secondary N) is 2. The molecule has 0 aliphatic carbocycles. The van der Waals surface area contributed by atoms with E-state index in [0.717, 1.165) is 18.7 Å². The Bertz CT molecular complexity index is 399. The van der Waals surface area contributed by atoms with E-state index in [4.69, 9.17) is 5.26 Å². The first-order chi connectivity index (χ1) is 7.03. The number of H-pyrrole nitrogens is 1. The lowest BCUT2D eigenvalue weighted by atomic mass is 9.91. The van der Waals surface area contributed by atoms with E-state index in [1.807, 2.05) is 19.2 Å². The molecule has 1 rings (SSSR count). The minimum atomic E-state index is -0.283. The largest absolute Gasteiger partial charge is 0.315 e. The molecular formula is C10H15N3OS. The molecule has 0 aliphatic rings. The maximum Gasteiger partial charge on any atom is 0.304 e. The Morgan fingerprint density at radius 3 is 2.93 bits per heavy atom. The molecular weight excluding hydrogens is 210 g/mol. The van der Waals surface area contributed by atoms with Crippen LogP contribution < -0.4 is 10.2 Å². The van der Waals surface area contributed by atoms with Crippen molar-refractivity contribution < 1.29 is 0 Å². The minimum Gasteiger partial charge on any atom is -0.315 e. The fourth-order valence-corrected chi connectivity index (χ4v) is 1.66. The predicted molar refractivity (Wildman–Crippen MR) is 60.7 cm³/mol. The van der Waals surface area contributed by atoms with Crippen LogP contribution in [-0.4, -0.2) is 11.5 Å². The molecule has 0 aromatic carbocycles. The molecule has 82 valence electrons. The van der Waals surface area contributed by atoms with Crippen molar-refractivity contribution in [2.75, 3.05) is 6.54 Å². The zero-order valence-electron chi connectivity index (χ0n) is 8.96. The number of thiazole rings is 1. The van der Waals surface area contributed by atoms with E-state index < -0.39 is 0 Å². The monoisotopic (exact) mass is 225 g/mol. The number of nitriles is 1. The summed E-state index contributed by atoms with van der Waals surface area (Å²) in [6.07, 6.45) is 0.803. The summed E-state index contributed by atoms with van der Waals surface area (Å²) in [7, 11) is 0. The van der Waals surface area contributed by atoms with Gasteiger partial charge in [-0.15, -0.1) is 0 Å². The topological polar surface area (TPSA) is 68.7 Å². The summed E-state index contributed by atoms with van der Waals surface area (Å²) in [5.74, 6) is 0. The van der Waals surface area contributed by atoms with E-state index in [9.17, 15) is 4.79 Å². The SMILES string of the molecule is CC(C)(C#N)CCNCc1csc(=O)[nH]1. The van der Waals surface area contributed by atoms with Crippen LogP contribution in [0.3, 0.4) is 0 Å². The van der Waals surface area contributed by atoms with E-state index in [2.05, 4.69) is 16.4 Å². The van der Waals surface area contributed by atoms with E-state index in [1.165, 1.54) is 11.3 Å². The maximum atomic E-state index is 10.8. The lowest BCUT2D eigenvalue weighted by Crippen LogP contribution is -2.21. The summed E-state index contributed by atoms with van der Waals surface area (Å²) in [6.45, 7) is 5.26. The molecule has 4 nitrogen and oxygen atoms in total. The van der Waals surface area contributed by atoms with Crippen LogP contribution in [0.2, 0.25) is 0 Å². The highest BCUT2D eigenvalue weighted by atomic mass is 32.1. The van der Waals surface area contributed by atoms with Crippen molar-refractivity contribution in [3.05, 3.63) is 20.7 Å². The molecule has 1 heterocycles. The molecule has 0 unspecified atom stereocenters. The second kappa shape index (κ2) is 5.10. The number of nitrogens with zero attached hydrogens (tertiary/aromatic N) is 1. The molecule has 1 aromatic rings. The lowest BCUT2D eigenvalue weighted by molar-refractivity contribution is 0.432. The van der Waals surface area contributed by atoms with Crippen molar-refractivity contribution in [3.63, 3.8) is 0 Å². The average Bonchev–Trinajstić information content (AvgIpc) is 2.59. The van der Waals surface area contributed by atoms with Gasteiger partial charge in [-0.2, -0.15) is 5.26 Å². The summed E-state index contributed by atoms with van der Waals surface area (Å²) < 4.78 is 0. The summed E-state index contributed by atoms with van der Waals surface area (Å²) in [5.41, 5.74) is 0.620. The van der Waals surface area contributed by atoms with Crippen molar-refractivity contribution >= 4 is 11.3 Å². The fraction of sp³-hybridized carbons (Fsp3) is 0.600. The molecule has 2 N–H and O–H groups in total. The van der Waals surface area contributed by atoms with Gasteiger partial charge in [0.05, 0.1) is 11.5 Å². The zero-order chi connectivity index (χ0) is 11.3. The number of aromatic amines is 1. The van der Waals surface area contributed by atoms with Crippen LogP contribution in [0, 0.1) is 16.7 Å². The molecule has 5 heteroatoms. The molecule has 0 fully saturated rings. The highest BCUT2D eigenvalue weighted by Crippen LogP contribution is 2.17. The van der Waals surface area contributed by atoms with Gasteiger partial charge >= 0.3 is 4.87 Å². The van der Waals surface area contributed by atoms with Crippen LogP contribution in [0.5, 0.6) is 0 Å². The Hall–Kier alpha value is -1.12. The molecule has 0 aliphatic heterocycles. The van der Waals surface area contributed by atoms with E-state index >= 15 is 0 Å². The molecule has 0 spiro atoms. The van der Waals surface area contributed by atoms with Crippen molar-refractivity contribution in [3.8, 4) is 6.07 Å². The number of hydrogen-bond acceptors (Lipinski definition) is 4. The van der Waals surface area contributed by atoms with Gasteiger partial charge in [0.2, 0.25) is 0 Å². The quantitative estimate of drug-likeness (QED) is 0.745. The minimum absolute atomic E-state index is 0.0239. The van der Waals surface area contributed by atoms with Crippen LogP contribution >= 0.6 is 11.3 Å². The fourth-order valence-electron chi connectivity index (χ4n) is 1.08. The molecule has 0 amide bonds. The molecule has 0 bridgehead atoms. The molecule has 1 aromatic heterocycles. The summed E-state index contributed by atoms with van der Waals surface area (Å²) in [5, 5.41) is 13.8. The second-order valence-corrected chi connectivity index (χ2v) is 4.94. The standard InChI is InChI=1S/C10H15N3OS/c1-10(2,7-11)3-4-12-5-8-6-15-9(14)13-8/h6,12H,3-5H2,1-2H3,(H,13,14). The van der Waals surface area contributed by atoms with E-state index in [1.54, 1.807) is 0 Å². The first-order valence-electron chi connectivity index (χ1n) is 4.82. The van der Waals surface area contributed by atoms with Gasteiger partial charge in [0.25, 0.3) is 0 Å². The highest BCUT2D eigenvalue weighted by Gasteiger charge is 2.15. The van der Waals surface area contributed by atoms with Gasteiger partial charge in [-0.05, 0) is 26.8 Å². The lowest BCUT2D eigenvalue weighted by Gasteiger charge is -2.14.